The zero-order chi connectivity index (χ0) is 25.5. The van der Waals surface area contributed by atoms with Crippen molar-refractivity contribution >= 4 is 52.1 Å². The summed E-state index contributed by atoms with van der Waals surface area (Å²) < 4.78 is 79.7. The van der Waals surface area contributed by atoms with Crippen molar-refractivity contribution in [1.29, 1.82) is 0 Å². The molecule has 1 unspecified atom stereocenters. The van der Waals surface area contributed by atoms with Gasteiger partial charge in [-0.3, -0.25) is 25.5 Å². The number of anilines is 1. The van der Waals surface area contributed by atoms with E-state index in [0.29, 0.717) is 0 Å². The molecule has 1 heterocycles. The van der Waals surface area contributed by atoms with Crippen molar-refractivity contribution in [2.24, 2.45) is 0 Å². The van der Waals surface area contributed by atoms with Crippen molar-refractivity contribution in [2.75, 3.05) is 12.1 Å². The number of hydrogen-bond donors (Lipinski definition) is 2. The Balaban J connectivity index is 1.98. The maximum atomic E-state index is 14.1. The summed E-state index contributed by atoms with van der Waals surface area (Å²) in [5.41, 5.74) is 0.930. The number of carbonyl (C=O) groups is 1. The molecule has 0 radical (unpaired) electrons. The summed E-state index contributed by atoms with van der Waals surface area (Å²) in [5.74, 6) is -1.35. The number of hydrogen-bond acceptors (Lipinski definition) is 4. The lowest BCUT2D eigenvalue weighted by atomic mass is 9.91. The molecule has 0 saturated carbocycles. The Morgan fingerprint density at radius 3 is 2.24 bits per heavy atom. The highest BCUT2D eigenvalue weighted by atomic mass is 35.5. The highest BCUT2D eigenvalue weighted by molar-refractivity contribution is 6.34. The molecule has 0 aromatic heterocycles. The van der Waals surface area contributed by atoms with Crippen LogP contribution in [0.2, 0.25) is 15.1 Å². The zero-order valence-corrected chi connectivity index (χ0v) is 19.2. The number of hydroxylamine groups is 1. The summed E-state index contributed by atoms with van der Waals surface area (Å²) in [5, 5.41) is 0.856. The van der Waals surface area contributed by atoms with E-state index in [0.717, 1.165) is 23.2 Å². The third kappa shape index (κ3) is 5.65. The number of amides is 1. The molecule has 0 aliphatic carbocycles. The second-order valence-corrected chi connectivity index (χ2v) is 8.49. The maximum absolute atomic E-state index is 14.1. The molecule has 1 aliphatic heterocycles. The van der Waals surface area contributed by atoms with Gasteiger partial charge in [-0.05, 0) is 36.4 Å². The van der Waals surface area contributed by atoms with E-state index in [-0.39, 0.29) is 37.6 Å². The van der Waals surface area contributed by atoms with E-state index in [4.69, 9.17) is 39.6 Å². The van der Waals surface area contributed by atoms with Gasteiger partial charge in [0, 0.05) is 28.2 Å². The molecule has 14 heteroatoms. The van der Waals surface area contributed by atoms with Crippen LogP contribution in [0.3, 0.4) is 0 Å². The molecule has 3 rings (SSSR count). The average molecular weight is 549 g/mol. The van der Waals surface area contributed by atoms with Crippen molar-refractivity contribution in [1.82, 2.24) is 10.9 Å². The topological polar surface area (TPSA) is 53.6 Å². The number of hydrazine groups is 1. The number of alkyl halides is 6. The molecule has 0 saturated heterocycles. The molecule has 184 valence electrons. The molecule has 1 aliphatic rings. The van der Waals surface area contributed by atoms with E-state index in [1.165, 1.54) is 31.3 Å². The van der Waals surface area contributed by atoms with Crippen LogP contribution in [0.5, 0.6) is 0 Å². The Morgan fingerprint density at radius 1 is 1.06 bits per heavy atom. The van der Waals surface area contributed by atoms with Crippen molar-refractivity contribution < 1.29 is 36.0 Å². The Hall–Kier alpha value is -2.34. The van der Waals surface area contributed by atoms with Crippen LogP contribution in [-0.4, -0.2) is 25.3 Å². The van der Waals surface area contributed by atoms with Crippen LogP contribution in [0.25, 0.3) is 5.70 Å². The molecule has 1 amide bonds. The number of nitrogens with one attached hydrogen (secondary N) is 2. The number of carbonyl (C=O) groups excluding carboxylic acids is 1. The molecule has 2 N–H and O–H groups in total. The predicted molar refractivity (Wildman–Crippen MR) is 115 cm³/mol. The second kappa shape index (κ2) is 9.37. The Bertz CT molecular complexity index is 1120. The minimum atomic E-state index is -4.94. The first-order valence-electron chi connectivity index (χ1n) is 9.21. The van der Waals surface area contributed by atoms with E-state index in [1.807, 2.05) is 5.43 Å². The molecule has 1 atom stereocenters. The van der Waals surface area contributed by atoms with Crippen LogP contribution >= 0.6 is 34.8 Å². The summed E-state index contributed by atoms with van der Waals surface area (Å²) in [6.07, 6.45) is -10.6. The smallest absolute Gasteiger partial charge is 0.287 e. The zero-order valence-electron chi connectivity index (χ0n) is 16.9. The highest BCUT2D eigenvalue weighted by Gasteiger charge is 2.59. The van der Waals surface area contributed by atoms with Gasteiger partial charge in [-0.25, -0.2) is 0 Å². The SMILES string of the molecule is CN(NC(=O)CC(F)(F)F)c1cc(C2=CC(c3cc(Cl)cc(Cl)c3)(C(F)(F)F)ON2)ccc1Cl. The highest BCUT2D eigenvalue weighted by Crippen LogP contribution is 2.48. The number of nitrogens with zero attached hydrogens (tertiary/aromatic N) is 1. The molecular formula is C20H14Cl3F6N3O2. The third-order valence-corrected chi connectivity index (χ3v) is 5.41. The number of benzene rings is 2. The van der Waals surface area contributed by atoms with E-state index >= 15 is 0 Å². The number of halogens is 9. The van der Waals surface area contributed by atoms with Gasteiger partial charge in [0.15, 0.2) is 0 Å². The van der Waals surface area contributed by atoms with Gasteiger partial charge in [-0.15, -0.1) is 0 Å². The first-order chi connectivity index (χ1) is 15.6. The van der Waals surface area contributed by atoms with Gasteiger partial charge in [-0.2, -0.15) is 26.3 Å². The van der Waals surface area contributed by atoms with Crippen LogP contribution in [0, 0.1) is 0 Å². The maximum Gasteiger partial charge on any atom is 0.428 e. The largest absolute Gasteiger partial charge is 0.428 e. The number of rotatable bonds is 5. The Labute approximate surface area is 204 Å². The molecule has 0 spiro atoms. The lowest BCUT2D eigenvalue weighted by Crippen LogP contribution is -2.42. The Kier molecular flexibility index (Phi) is 7.24. The molecule has 34 heavy (non-hydrogen) atoms. The minimum Gasteiger partial charge on any atom is -0.287 e. The van der Waals surface area contributed by atoms with Gasteiger partial charge in [0.25, 0.3) is 0 Å². The molecule has 0 fully saturated rings. The fourth-order valence-corrected chi connectivity index (χ4v) is 3.93. The summed E-state index contributed by atoms with van der Waals surface area (Å²) >= 11 is 17.8. The molecule has 2 aromatic carbocycles. The lowest BCUT2D eigenvalue weighted by Gasteiger charge is -2.28. The van der Waals surface area contributed by atoms with Crippen LogP contribution < -0.4 is 15.9 Å². The van der Waals surface area contributed by atoms with E-state index in [1.54, 1.807) is 0 Å². The van der Waals surface area contributed by atoms with Crippen LogP contribution in [0.4, 0.5) is 32.0 Å². The standard InChI is InChI=1S/C20H14Cl3F6N3O2/c1-32(30-17(33)9-19(24,25)26)16-4-10(2-3-14(16)23)15-8-18(34-31-15,20(27,28)29)11-5-12(21)7-13(22)6-11/h2-8,31H,9H2,1H3,(H,30,33). The van der Waals surface area contributed by atoms with Gasteiger partial charge in [0.05, 0.1) is 16.4 Å². The summed E-state index contributed by atoms with van der Waals surface area (Å²) in [6, 6.07) is 7.29. The first kappa shape index (κ1) is 26.3. The van der Waals surface area contributed by atoms with Crippen molar-refractivity contribution in [3.8, 4) is 0 Å². The summed E-state index contributed by atoms with van der Waals surface area (Å²) in [4.78, 5) is 16.6. The third-order valence-electron chi connectivity index (χ3n) is 4.65. The van der Waals surface area contributed by atoms with E-state index in [9.17, 15) is 31.1 Å². The molecule has 5 nitrogen and oxygen atoms in total. The van der Waals surface area contributed by atoms with Gasteiger partial charge >= 0.3 is 12.4 Å². The van der Waals surface area contributed by atoms with Crippen LogP contribution in [-0.2, 0) is 15.2 Å². The van der Waals surface area contributed by atoms with Crippen LogP contribution in [0.15, 0.2) is 42.5 Å². The molecule has 2 aromatic rings. The fraction of sp³-hybridized carbons (Fsp3) is 0.250. The van der Waals surface area contributed by atoms with Gasteiger partial charge < -0.3 is 0 Å². The molecule has 0 bridgehead atoms. The summed E-state index contributed by atoms with van der Waals surface area (Å²) in [7, 11) is 1.22. The van der Waals surface area contributed by atoms with E-state index in [2.05, 4.69) is 5.48 Å². The van der Waals surface area contributed by atoms with Gasteiger partial charge in [0.2, 0.25) is 11.5 Å². The monoisotopic (exact) mass is 547 g/mol. The van der Waals surface area contributed by atoms with Gasteiger partial charge in [-0.1, -0.05) is 40.9 Å². The normalized spacial score (nSPS) is 18.4. The summed E-state index contributed by atoms with van der Waals surface area (Å²) in [6.45, 7) is 0. The fourth-order valence-electron chi connectivity index (χ4n) is 3.16. The van der Waals surface area contributed by atoms with Crippen molar-refractivity contribution in [2.45, 2.75) is 24.4 Å². The second-order valence-electron chi connectivity index (χ2n) is 7.21. The van der Waals surface area contributed by atoms with E-state index < -0.39 is 30.3 Å². The molecular weight excluding hydrogens is 535 g/mol. The first-order valence-corrected chi connectivity index (χ1v) is 10.3. The predicted octanol–water partition coefficient (Wildman–Crippen LogP) is 6.40. The average Bonchev–Trinajstić information content (AvgIpc) is 3.12. The minimum absolute atomic E-state index is 0.0155. The van der Waals surface area contributed by atoms with Crippen molar-refractivity contribution in [3.05, 3.63) is 68.7 Å². The Morgan fingerprint density at radius 2 is 1.68 bits per heavy atom. The van der Waals surface area contributed by atoms with Gasteiger partial charge in [0.1, 0.15) is 6.42 Å². The van der Waals surface area contributed by atoms with Crippen LogP contribution in [0.1, 0.15) is 17.5 Å². The lowest BCUT2D eigenvalue weighted by molar-refractivity contribution is -0.269. The van der Waals surface area contributed by atoms with Crippen molar-refractivity contribution in [3.63, 3.8) is 0 Å². The quantitative estimate of drug-likeness (QED) is 0.335.